The Kier molecular flexibility index (Phi) is 4.90. The predicted molar refractivity (Wildman–Crippen MR) is 58.7 cm³/mol. The molecule has 0 amide bonds. The molecule has 0 spiro atoms. The highest BCUT2D eigenvalue weighted by Crippen LogP contribution is 2.41. The summed E-state index contributed by atoms with van der Waals surface area (Å²) in [5, 5.41) is -1.76. The van der Waals surface area contributed by atoms with Crippen LogP contribution in [-0.2, 0) is 11.5 Å². The van der Waals surface area contributed by atoms with Crippen molar-refractivity contribution < 1.29 is 35.9 Å². The largest absolute Gasteiger partial charge is 0.573 e. The molecule has 0 unspecified atom stereocenters. The van der Waals surface area contributed by atoms with Crippen LogP contribution in [0.5, 0.6) is 5.75 Å². The minimum Gasteiger partial charge on any atom is -0.403 e. The van der Waals surface area contributed by atoms with E-state index in [1.807, 2.05) is 0 Å². The van der Waals surface area contributed by atoms with Gasteiger partial charge in [-0.15, -0.1) is 13.2 Å². The molecule has 0 N–H and O–H groups in total. The maximum atomic E-state index is 12.6. The van der Waals surface area contributed by atoms with Crippen LogP contribution >= 0.6 is 27.5 Å². The van der Waals surface area contributed by atoms with Gasteiger partial charge in [-0.25, -0.2) is 4.98 Å². The monoisotopic (exact) mass is 385 g/mol. The van der Waals surface area contributed by atoms with E-state index in [0.29, 0.717) is 6.20 Å². The molecule has 3 nitrogen and oxygen atoms in total. The SMILES string of the molecule is O=C(Cl)c1c(CBr)cnc(C(F)(F)F)c1OC(F)(F)F. The lowest BCUT2D eigenvalue weighted by atomic mass is 10.1. The van der Waals surface area contributed by atoms with Crippen molar-refractivity contribution in [2.24, 2.45) is 0 Å². The molecule has 1 aromatic heterocycles. The van der Waals surface area contributed by atoms with E-state index in [2.05, 4.69) is 25.7 Å². The average molecular weight is 386 g/mol. The van der Waals surface area contributed by atoms with Gasteiger partial charge in [0.2, 0.25) is 0 Å². The third-order valence-electron chi connectivity index (χ3n) is 1.94. The summed E-state index contributed by atoms with van der Waals surface area (Å²) in [7, 11) is 0. The number of ether oxygens (including phenoxy) is 1. The molecule has 0 aliphatic carbocycles. The van der Waals surface area contributed by atoms with E-state index < -0.39 is 34.8 Å². The number of rotatable bonds is 3. The normalized spacial score (nSPS) is 12.4. The average Bonchev–Trinajstić information content (AvgIpc) is 2.23. The molecule has 0 saturated carbocycles. The Morgan fingerprint density at radius 2 is 1.85 bits per heavy atom. The quantitative estimate of drug-likeness (QED) is 0.442. The maximum absolute atomic E-state index is 12.6. The summed E-state index contributed by atoms with van der Waals surface area (Å²) < 4.78 is 77.8. The zero-order valence-electron chi connectivity index (χ0n) is 9.07. The van der Waals surface area contributed by atoms with Gasteiger partial charge in [0.05, 0.1) is 5.56 Å². The van der Waals surface area contributed by atoms with E-state index in [0.717, 1.165) is 0 Å². The minimum absolute atomic E-state index is 0.236. The van der Waals surface area contributed by atoms with Crippen LogP contribution in [0.2, 0.25) is 0 Å². The molecule has 11 heteroatoms. The fourth-order valence-corrected chi connectivity index (χ4v) is 1.90. The van der Waals surface area contributed by atoms with Crippen LogP contribution in [0, 0.1) is 0 Å². The fraction of sp³-hybridized carbons (Fsp3) is 0.333. The highest BCUT2D eigenvalue weighted by Gasteiger charge is 2.43. The molecule has 0 atom stereocenters. The Morgan fingerprint density at radius 3 is 2.20 bits per heavy atom. The van der Waals surface area contributed by atoms with Gasteiger partial charge in [-0.3, -0.25) is 4.79 Å². The molecule has 0 radical (unpaired) electrons. The summed E-state index contributed by atoms with van der Waals surface area (Å²) in [4.78, 5) is 14.0. The standard InChI is InChI=1S/C9H3BrClF6NO2/c10-1-3-2-18-6(8(12,13)14)5(4(3)7(11)19)20-9(15,16)17/h2H,1H2. The molecule has 1 heterocycles. The Hall–Kier alpha value is -1.03. The first-order chi connectivity index (χ1) is 8.97. The third-order valence-corrected chi connectivity index (χ3v) is 2.73. The summed E-state index contributed by atoms with van der Waals surface area (Å²) in [5.41, 5.74) is -3.29. The van der Waals surface area contributed by atoms with Gasteiger partial charge in [0.1, 0.15) is 0 Å². The van der Waals surface area contributed by atoms with Crippen LogP contribution in [0.1, 0.15) is 21.6 Å². The van der Waals surface area contributed by atoms with E-state index in [1.54, 1.807) is 0 Å². The molecule has 0 saturated heterocycles. The van der Waals surface area contributed by atoms with Crippen molar-refractivity contribution in [2.45, 2.75) is 17.9 Å². The molecule has 1 rings (SSSR count). The molecule has 0 aliphatic heterocycles. The van der Waals surface area contributed by atoms with Crippen molar-refractivity contribution >= 4 is 32.8 Å². The van der Waals surface area contributed by atoms with Crippen molar-refractivity contribution in [1.82, 2.24) is 4.98 Å². The molecular weight excluding hydrogens is 383 g/mol. The van der Waals surface area contributed by atoms with Gasteiger partial charge < -0.3 is 4.74 Å². The van der Waals surface area contributed by atoms with Gasteiger partial charge in [0, 0.05) is 11.5 Å². The van der Waals surface area contributed by atoms with E-state index in [-0.39, 0.29) is 10.9 Å². The first-order valence-electron chi connectivity index (χ1n) is 4.58. The first-order valence-corrected chi connectivity index (χ1v) is 6.08. The highest BCUT2D eigenvalue weighted by atomic mass is 79.9. The molecule has 0 fully saturated rings. The summed E-state index contributed by atoms with van der Waals surface area (Å²) in [6, 6.07) is 0. The molecule has 0 aliphatic rings. The van der Waals surface area contributed by atoms with Crippen molar-refractivity contribution in [3.8, 4) is 5.75 Å². The smallest absolute Gasteiger partial charge is 0.403 e. The van der Waals surface area contributed by atoms with Crippen LogP contribution in [-0.4, -0.2) is 16.6 Å². The number of carbonyl (C=O) groups excluding carboxylic acids is 1. The minimum atomic E-state index is -5.44. The molecule has 1 aromatic rings. The lowest BCUT2D eigenvalue weighted by Crippen LogP contribution is -2.23. The number of halogens is 8. The third kappa shape index (κ3) is 3.98. The number of aromatic nitrogens is 1. The number of hydrogen-bond acceptors (Lipinski definition) is 3. The van der Waals surface area contributed by atoms with Crippen LogP contribution in [0.15, 0.2) is 6.20 Å². The van der Waals surface area contributed by atoms with Gasteiger partial charge in [-0.2, -0.15) is 13.2 Å². The topological polar surface area (TPSA) is 39.2 Å². The van der Waals surface area contributed by atoms with E-state index >= 15 is 0 Å². The molecule has 20 heavy (non-hydrogen) atoms. The zero-order valence-corrected chi connectivity index (χ0v) is 11.4. The number of carbonyl (C=O) groups is 1. The van der Waals surface area contributed by atoms with E-state index in [9.17, 15) is 31.1 Å². The number of hydrogen-bond donors (Lipinski definition) is 0. The van der Waals surface area contributed by atoms with Crippen LogP contribution < -0.4 is 4.74 Å². The Bertz CT molecular complexity index is 530. The van der Waals surface area contributed by atoms with E-state index in [4.69, 9.17) is 11.6 Å². The Balaban J connectivity index is 3.64. The van der Waals surface area contributed by atoms with Crippen molar-refractivity contribution in [2.75, 3.05) is 0 Å². The van der Waals surface area contributed by atoms with Crippen molar-refractivity contribution in [3.05, 3.63) is 23.0 Å². The zero-order chi connectivity index (χ0) is 15.7. The lowest BCUT2D eigenvalue weighted by Gasteiger charge is -2.18. The van der Waals surface area contributed by atoms with Crippen LogP contribution in [0.4, 0.5) is 26.3 Å². The molecule has 112 valence electrons. The molecule has 0 bridgehead atoms. The summed E-state index contributed by atoms with van der Waals surface area (Å²) in [5.74, 6) is -1.76. The van der Waals surface area contributed by atoms with E-state index in [1.165, 1.54) is 0 Å². The van der Waals surface area contributed by atoms with Gasteiger partial charge >= 0.3 is 12.5 Å². The summed E-state index contributed by atoms with van der Waals surface area (Å²) >= 11 is 7.84. The van der Waals surface area contributed by atoms with Gasteiger partial charge in [-0.05, 0) is 17.2 Å². The predicted octanol–water partition coefficient (Wildman–Crippen LogP) is 4.27. The fourth-order valence-electron chi connectivity index (χ4n) is 1.26. The van der Waals surface area contributed by atoms with Gasteiger partial charge in [0.15, 0.2) is 11.4 Å². The highest BCUT2D eigenvalue weighted by molar-refractivity contribution is 9.08. The van der Waals surface area contributed by atoms with Crippen LogP contribution in [0.25, 0.3) is 0 Å². The number of nitrogens with zero attached hydrogens (tertiary/aromatic N) is 1. The van der Waals surface area contributed by atoms with Crippen molar-refractivity contribution in [1.29, 1.82) is 0 Å². The second-order valence-corrected chi connectivity index (χ2v) is 4.19. The van der Waals surface area contributed by atoms with Gasteiger partial charge in [-0.1, -0.05) is 15.9 Å². The Morgan fingerprint density at radius 1 is 1.30 bits per heavy atom. The number of alkyl halides is 7. The maximum Gasteiger partial charge on any atom is 0.573 e. The van der Waals surface area contributed by atoms with Crippen LogP contribution in [0.3, 0.4) is 0 Å². The second kappa shape index (κ2) is 5.76. The number of pyridine rings is 1. The molecular formula is C9H3BrClF6NO2. The summed E-state index contributed by atoms with van der Waals surface area (Å²) in [6.45, 7) is 0. The lowest BCUT2D eigenvalue weighted by molar-refractivity contribution is -0.276. The summed E-state index contributed by atoms with van der Waals surface area (Å²) in [6.07, 6.45) is -10.1. The second-order valence-electron chi connectivity index (χ2n) is 3.29. The molecule has 0 aromatic carbocycles. The first kappa shape index (κ1) is 17.0. The van der Waals surface area contributed by atoms with Gasteiger partial charge in [0.25, 0.3) is 5.24 Å². The Labute approximate surface area is 121 Å². The van der Waals surface area contributed by atoms with Crippen molar-refractivity contribution in [3.63, 3.8) is 0 Å².